The highest BCUT2D eigenvalue weighted by atomic mass is 79.9. The number of aromatic nitrogens is 3. The molecule has 0 aliphatic carbocycles. The zero-order valence-corrected chi connectivity index (χ0v) is 17.7. The van der Waals surface area contributed by atoms with Gasteiger partial charge in [-0.25, -0.2) is 4.98 Å². The van der Waals surface area contributed by atoms with Gasteiger partial charge in [-0.15, -0.1) is 0 Å². The highest BCUT2D eigenvalue weighted by Crippen LogP contribution is 2.40. The van der Waals surface area contributed by atoms with Crippen molar-refractivity contribution in [2.75, 3.05) is 18.6 Å². The van der Waals surface area contributed by atoms with Crippen molar-refractivity contribution in [2.24, 2.45) is 0 Å². The third-order valence-electron chi connectivity index (χ3n) is 3.75. The molecule has 134 valence electrons. The van der Waals surface area contributed by atoms with Gasteiger partial charge < -0.3 is 9.88 Å². The number of nitrogens with one attached hydrogen (secondary N) is 1. The van der Waals surface area contributed by atoms with Crippen molar-refractivity contribution in [3.05, 3.63) is 58.0 Å². The molecule has 26 heavy (non-hydrogen) atoms. The summed E-state index contributed by atoms with van der Waals surface area (Å²) < 4.78 is 13.6. The van der Waals surface area contributed by atoms with Crippen molar-refractivity contribution in [1.29, 1.82) is 0 Å². The minimum atomic E-state index is -2.56. The van der Waals surface area contributed by atoms with Crippen LogP contribution in [0, 0.1) is 6.92 Å². The predicted molar refractivity (Wildman–Crippen MR) is 112 cm³/mol. The van der Waals surface area contributed by atoms with E-state index < -0.39 is 7.14 Å². The first-order valence-electron chi connectivity index (χ1n) is 7.82. The fraction of sp³-hybridized carbons (Fsp3) is 0.167. The molecule has 1 aromatic carbocycles. The maximum Gasteiger partial charge on any atom is 0.224 e. The molecule has 0 saturated heterocycles. The Morgan fingerprint density at radius 3 is 2.54 bits per heavy atom. The van der Waals surface area contributed by atoms with Gasteiger partial charge in [-0.3, -0.25) is 4.98 Å². The Labute approximate surface area is 165 Å². The lowest BCUT2D eigenvalue weighted by Gasteiger charge is -2.17. The van der Waals surface area contributed by atoms with Gasteiger partial charge in [0.2, 0.25) is 5.28 Å². The number of aryl methyl sites for hydroxylation is 1. The number of halogens is 2. The summed E-state index contributed by atoms with van der Waals surface area (Å²) in [5.74, 6) is 0.515. The van der Waals surface area contributed by atoms with Crippen molar-refractivity contribution in [3.63, 3.8) is 0 Å². The molecule has 1 N–H and O–H groups in total. The number of hydrogen-bond acceptors (Lipinski definition) is 5. The van der Waals surface area contributed by atoms with E-state index in [0.29, 0.717) is 16.0 Å². The molecule has 0 aliphatic heterocycles. The average molecular weight is 452 g/mol. The van der Waals surface area contributed by atoms with Crippen LogP contribution in [0.5, 0.6) is 0 Å². The molecule has 0 radical (unpaired) electrons. The van der Waals surface area contributed by atoms with Gasteiger partial charge in [-0.2, -0.15) is 4.98 Å². The maximum atomic E-state index is 12.9. The monoisotopic (exact) mass is 450 g/mol. The van der Waals surface area contributed by atoms with Crippen molar-refractivity contribution in [1.82, 2.24) is 15.0 Å². The number of anilines is 2. The molecule has 8 heteroatoms. The van der Waals surface area contributed by atoms with E-state index >= 15 is 0 Å². The molecule has 0 fully saturated rings. The molecule has 0 unspecified atom stereocenters. The maximum absolute atomic E-state index is 12.9. The number of benzene rings is 1. The predicted octanol–water partition coefficient (Wildman–Crippen LogP) is 5.25. The molecular weight excluding hydrogens is 435 g/mol. The van der Waals surface area contributed by atoms with Crippen LogP contribution in [0.4, 0.5) is 11.5 Å². The Morgan fingerprint density at radius 2 is 1.88 bits per heavy atom. The van der Waals surface area contributed by atoms with Crippen LogP contribution in [0.3, 0.4) is 0 Å². The lowest BCUT2D eigenvalue weighted by atomic mass is 10.1. The van der Waals surface area contributed by atoms with E-state index in [2.05, 4.69) is 36.2 Å². The van der Waals surface area contributed by atoms with Gasteiger partial charge in [0.15, 0.2) is 0 Å². The molecule has 0 spiro atoms. The number of pyridine rings is 1. The summed E-state index contributed by atoms with van der Waals surface area (Å²) in [6, 6.07) is 9.70. The SMILES string of the molecule is Cc1ccc(-c2ccc(Nc3nc(Cl)ncc3Br)c(P(C)(C)=O)c2)nc1. The molecular formula is C18H17BrClN4OP. The Kier molecular flexibility index (Phi) is 5.47. The Bertz CT molecular complexity index is 1000. The molecule has 0 atom stereocenters. The van der Waals surface area contributed by atoms with Gasteiger partial charge in [0.1, 0.15) is 13.0 Å². The summed E-state index contributed by atoms with van der Waals surface area (Å²) in [6.07, 6.45) is 3.39. The van der Waals surface area contributed by atoms with Gasteiger partial charge in [0.05, 0.1) is 15.9 Å². The molecule has 0 saturated carbocycles. The number of nitrogens with zero attached hydrogens (tertiary/aromatic N) is 3. The third-order valence-corrected chi connectivity index (χ3v) is 6.05. The number of rotatable bonds is 4. The van der Waals surface area contributed by atoms with Gasteiger partial charge >= 0.3 is 0 Å². The molecule has 2 heterocycles. The van der Waals surface area contributed by atoms with E-state index in [0.717, 1.165) is 22.1 Å². The average Bonchev–Trinajstić information content (AvgIpc) is 2.58. The van der Waals surface area contributed by atoms with Crippen LogP contribution < -0.4 is 10.6 Å². The quantitative estimate of drug-likeness (QED) is 0.433. The van der Waals surface area contributed by atoms with Crippen LogP contribution >= 0.6 is 34.7 Å². The standard InChI is InChI=1S/C18H17BrClN4OP/c1-11-4-6-14(21-9-11)12-5-7-15(16(8-12)26(2,3)25)23-17-13(19)10-22-18(20)24-17/h4-10H,1-3H3,(H,22,23,24). The van der Waals surface area contributed by atoms with Gasteiger partial charge in [-0.1, -0.05) is 12.1 Å². The molecule has 3 rings (SSSR count). The van der Waals surface area contributed by atoms with E-state index in [1.54, 1.807) is 19.5 Å². The smallest absolute Gasteiger partial charge is 0.224 e. The van der Waals surface area contributed by atoms with Crippen molar-refractivity contribution in [2.45, 2.75) is 6.92 Å². The molecule has 0 aliphatic rings. The molecule has 0 amide bonds. The highest BCUT2D eigenvalue weighted by molar-refractivity contribution is 9.10. The van der Waals surface area contributed by atoms with E-state index in [-0.39, 0.29) is 5.28 Å². The summed E-state index contributed by atoms with van der Waals surface area (Å²) in [5.41, 5.74) is 3.55. The summed E-state index contributed by atoms with van der Waals surface area (Å²) in [5, 5.41) is 4.06. The normalized spacial score (nSPS) is 11.4. The third kappa shape index (κ3) is 4.32. The first-order valence-corrected chi connectivity index (χ1v) is 11.6. The molecule has 0 bridgehead atoms. The fourth-order valence-corrected chi connectivity index (χ4v) is 4.03. The summed E-state index contributed by atoms with van der Waals surface area (Å²) in [6.45, 7) is 5.47. The largest absolute Gasteiger partial charge is 0.339 e. The van der Waals surface area contributed by atoms with Crippen LogP contribution in [-0.2, 0) is 4.57 Å². The highest BCUT2D eigenvalue weighted by Gasteiger charge is 2.19. The first kappa shape index (κ1) is 19.0. The minimum Gasteiger partial charge on any atom is -0.339 e. The summed E-state index contributed by atoms with van der Waals surface area (Å²) in [4.78, 5) is 12.5. The second-order valence-corrected chi connectivity index (χ2v) is 10.6. The van der Waals surface area contributed by atoms with Gasteiger partial charge in [-0.05, 0) is 71.5 Å². The second kappa shape index (κ2) is 7.47. The van der Waals surface area contributed by atoms with E-state index in [4.69, 9.17) is 11.6 Å². The summed E-state index contributed by atoms with van der Waals surface area (Å²) in [7, 11) is -2.56. The van der Waals surface area contributed by atoms with Crippen LogP contribution in [0.1, 0.15) is 5.56 Å². The zero-order chi connectivity index (χ0) is 18.9. The lowest BCUT2D eigenvalue weighted by molar-refractivity contribution is 0.588. The van der Waals surface area contributed by atoms with Crippen molar-refractivity contribution < 1.29 is 4.57 Å². The van der Waals surface area contributed by atoms with E-state index in [1.165, 1.54) is 0 Å². The summed E-state index contributed by atoms with van der Waals surface area (Å²) >= 11 is 9.28. The topological polar surface area (TPSA) is 67.8 Å². The van der Waals surface area contributed by atoms with Gasteiger partial charge in [0, 0.05) is 23.3 Å². The molecule has 5 nitrogen and oxygen atoms in total. The number of hydrogen-bond donors (Lipinski definition) is 1. The van der Waals surface area contributed by atoms with Gasteiger partial charge in [0.25, 0.3) is 0 Å². The van der Waals surface area contributed by atoms with Crippen LogP contribution in [0.25, 0.3) is 11.3 Å². The minimum absolute atomic E-state index is 0.133. The van der Waals surface area contributed by atoms with Crippen LogP contribution in [0.15, 0.2) is 47.2 Å². The second-order valence-electron chi connectivity index (χ2n) is 6.26. The fourth-order valence-electron chi connectivity index (χ4n) is 2.44. The van der Waals surface area contributed by atoms with Crippen LogP contribution in [-0.4, -0.2) is 28.3 Å². The van der Waals surface area contributed by atoms with Crippen molar-refractivity contribution >= 4 is 51.5 Å². The molecule has 3 aromatic rings. The Hall–Kier alpha value is -1.75. The first-order chi connectivity index (χ1) is 12.2. The zero-order valence-electron chi connectivity index (χ0n) is 14.5. The lowest BCUT2D eigenvalue weighted by Crippen LogP contribution is -2.11. The van der Waals surface area contributed by atoms with E-state index in [1.807, 2.05) is 43.5 Å². The van der Waals surface area contributed by atoms with Crippen LogP contribution in [0.2, 0.25) is 5.28 Å². The Morgan fingerprint density at radius 1 is 1.12 bits per heavy atom. The van der Waals surface area contributed by atoms with Crippen molar-refractivity contribution in [3.8, 4) is 11.3 Å². The molecule has 2 aromatic heterocycles. The van der Waals surface area contributed by atoms with E-state index in [9.17, 15) is 4.57 Å². The Balaban J connectivity index is 2.07.